The smallest absolute Gasteiger partial charge is 0.408 e. The second-order valence-corrected chi connectivity index (χ2v) is 11.0. The lowest BCUT2D eigenvalue weighted by Crippen LogP contribution is -2.58. The van der Waals surface area contributed by atoms with Crippen LogP contribution >= 0.6 is 0 Å². The van der Waals surface area contributed by atoms with E-state index in [0.29, 0.717) is 23.1 Å². The summed E-state index contributed by atoms with van der Waals surface area (Å²) in [4.78, 5) is 36.5. The molecule has 4 rings (SSSR count). The SMILES string of the molecule is CC(C)(C)N(C(=O)O)[C@@H](CCc1ccccc1)C(=O)N[C@H](c1ccccc1)C(O)(c1cccnc1)c1cccnc1. The zero-order chi connectivity index (χ0) is 29.5. The number of pyridine rings is 2. The van der Waals surface area contributed by atoms with Crippen molar-refractivity contribution in [1.29, 1.82) is 0 Å². The molecule has 0 saturated heterocycles. The van der Waals surface area contributed by atoms with Crippen LogP contribution in [0.3, 0.4) is 0 Å². The number of aromatic nitrogens is 2. The Hall–Kier alpha value is -4.56. The van der Waals surface area contributed by atoms with Crippen molar-refractivity contribution in [1.82, 2.24) is 20.2 Å². The van der Waals surface area contributed by atoms with Crippen molar-refractivity contribution in [2.75, 3.05) is 0 Å². The van der Waals surface area contributed by atoms with Crippen LogP contribution in [0.25, 0.3) is 0 Å². The fourth-order valence-corrected chi connectivity index (χ4v) is 5.20. The van der Waals surface area contributed by atoms with Gasteiger partial charge in [0.1, 0.15) is 11.6 Å². The summed E-state index contributed by atoms with van der Waals surface area (Å²) in [7, 11) is 0. The molecule has 2 amide bonds. The number of aliphatic hydroxyl groups is 1. The van der Waals surface area contributed by atoms with E-state index < -0.39 is 35.2 Å². The molecule has 8 heteroatoms. The highest BCUT2D eigenvalue weighted by atomic mass is 16.4. The van der Waals surface area contributed by atoms with Crippen LogP contribution in [0.5, 0.6) is 0 Å². The highest BCUT2D eigenvalue weighted by Crippen LogP contribution is 2.41. The van der Waals surface area contributed by atoms with Gasteiger partial charge in [0.2, 0.25) is 5.91 Å². The Balaban J connectivity index is 1.82. The standard InChI is InChI=1S/C33H36N4O4/c1-32(2,3)37(31(39)40)28(19-18-24-12-6-4-7-13-24)30(38)36-29(25-14-8-5-9-15-25)33(41,26-16-10-20-34-22-26)27-17-11-21-35-23-27/h4-17,20-23,28-29,41H,18-19H2,1-3H3,(H,36,38)(H,39,40)/t28-,29+/m0/s1. The summed E-state index contributed by atoms with van der Waals surface area (Å²) in [6, 6.07) is 23.7. The lowest BCUT2D eigenvalue weighted by Gasteiger charge is -2.42. The molecule has 0 bridgehead atoms. The van der Waals surface area contributed by atoms with Crippen LogP contribution in [0.4, 0.5) is 4.79 Å². The van der Waals surface area contributed by atoms with Crippen molar-refractivity contribution in [2.45, 2.75) is 56.8 Å². The lowest BCUT2D eigenvalue weighted by molar-refractivity contribution is -0.130. The first-order chi connectivity index (χ1) is 19.6. The maximum Gasteiger partial charge on any atom is 0.408 e. The average molecular weight is 553 g/mol. The molecule has 0 spiro atoms. The molecule has 41 heavy (non-hydrogen) atoms. The predicted octanol–water partition coefficient (Wildman–Crippen LogP) is 5.35. The molecule has 0 saturated carbocycles. The zero-order valence-corrected chi connectivity index (χ0v) is 23.5. The van der Waals surface area contributed by atoms with E-state index in [2.05, 4.69) is 15.3 Å². The van der Waals surface area contributed by atoms with Gasteiger partial charge in [0.05, 0.1) is 6.04 Å². The molecular formula is C33H36N4O4. The number of benzene rings is 2. The summed E-state index contributed by atoms with van der Waals surface area (Å²) in [6.45, 7) is 5.29. The third-order valence-electron chi connectivity index (χ3n) is 7.13. The number of carboxylic acid groups (broad SMARTS) is 1. The molecule has 4 aromatic rings. The van der Waals surface area contributed by atoms with E-state index in [0.717, 1.165) is 5.56 Å². The molecule has 8 nitrogen and oxygen atoms in total. The summed E-state index contributed by atoms with van der Waals surface area (Å²) in [5, 5.41) is 25.9. The van der Waals surface area contributed by atoms with E-state index in [1.165, 1.54) is 4.90 Å². The molecular weight excluding hydrogens is 516 g/mol. The van der Waals surface area contributed by atoms with E-state index in [1.54, 1.807) is 69.8 Å². The summed E-state index contributed by atoms with van der Waals surface area (Å²) in [5.74, 6) is -0.515. The summed E-state index contributed by atoms with van der Waals surface area (Å²) < 4.78 is 0. The van der Waals surface area contributed by atoms with Crippen LogP contribution in [-0.2, 0) is 16.8 Å². The fraction of sp³-hybridized carbons (Fsp3) is 0.273. The Morgan fingerprint density at radius 3 is 1.83 bits per heavy atom. The first-order valence-corrected chi connectivity index (χ1v) is 13.6. The number of nitrogens with one attached hydrogen (secondary N) is 1. The number of carbonyl (C=O) groups is 2. The van der Waals surface area contributed by atoms with Crippen LogP contribution in [0.15, 0.2) is 110 Å². The Morgan fingerprint density at radius 2 is 1.37 bits per heavy atom. The van der Waals surface area contributed by atoms with Gasteiger partial charge >= 0.3 is 6.09 Å². The summed E-state index contributed by atoms with van der Waals surface area (Å²) in [5.41, 5.74) is -0.112. The fourth-order valence-electron chi connectivity index (χ4n) is 5.20. The molecule has 2 atom stereocenters. The molecule has 0 aliphatic heterocycles. The maximum absolute atomic E-state index is 14.3. The van der Waals surface area contributed by atoms with E-state index >= 15 is 0 Å². The van der Waals surface area contributed by atoms with E-state index in [1.807, 2.05) is 60.7 Å². The Labute approximate surface area is 240 Å². The minimum atomic E-state index is -1.78. The van der Waals surface area contributed by atoms with Gasteiger partial charge in [-0.15, -0.1) is 0 Å². The van der Waals surface area contributed by atoms with E-state index in [-0.39, 0.29) is 6.42 Å². The molecule has 0 radical (unpaired) electrons. The second kappa shape index (κ2) is 12.7. The van der Waals surface area contributed by atoms with Crippen molar-refractivity contribution in [3.8, 4) is 0 Å². The van der Waals surface area contributed by atoms with Crippen molar-refractivity contribution in [3.63, 3.8) is 0 Å². The van der Waals surface area contributed by atoms with Gasteiger partial charge in [-0.25, -0.2) is 4.79 Å². The number of amides is 2. The molecule has 0 unspecified atom stereocenters. The van der Waals surface area contributed by atoms with E-state index in [4.69, 9.17) is 0 Å². The zero-order valence-electron chi connectivity index (χ0n) is 23.5. The van der Waals surface area contributed by atoms with Gasteiger partial charge in [-0.1, -0.05) is 72.8 Å². The number of hydrogen-bond donors (Lipinski definition) is 3. The quantitative estimate of drug-likeness (QED) is 0.244. The molecule has 0 aliphatic carbocycles. The molecule has 2 aromatic heterocycles. The Kier molecular flexibility index (Phi) is 9.14. The minimum absolute atomic E-state index is 0.249. The monoisotopic (exact) mass is 552 g/mol. The van der Waals surface area contributed by atoms with Crippen LogP contribution < -0.4 is 5.32 Å². The highest BCUT2D eigenvalue weighted by Gasteiger charge is 2.45. The summed E-state index contributed by atoms with van der Waals surface area (Å²) >= 11 is 0. The van der Waals surface area contributed by atoms with Gasteiger partial charge in [0, 0.05) is 41.5 Å². The normalized spacial score (nSPS) is 13.2. The Morgan fingerprint density at radius 1 is 0.829 bits per heavy atom. The molecule has 3 N–H and O–H groups in total. The molecule has 212 valence electrons. The number of aryl methyl sites for hydroxylation is 1. The van der Waals surface area contributed by atoms with Gasteiger partial charge in [0.15, 0.2) is 0 Å². The van der Waals surface area contributed by atoms with Crippen LogP contribution in [0, 0.1) is 0 Å². The topological polar surface area (TPSA) is 116 Å². The largest absolute Gasteiger partial charge is 0.465 e. The molecule has 2 aromatic carbocycles. The van der Waals surface area contributed by atoms with Crippen molar-refractivity contribution in [2.24, 2.45) is 0 Å². The minimum Gasteiger partial charge on any atom is -0.465 e. The number of hydrogen-bond acceptors (Lipinski definition) is 5. The van der Waals surface area contributed by atoms with Crippen LogP contribution in [-0.4, -0.2) is 48.7 Å². The van der Waals surface area contributed by atoms with E-state index in [9.17, 15) is 19.8 Å². The van der Waals surface area contributed by atoms with Crippen molar-refractivity contribution >= 4 is 12.0 Å². The molecule has 0 aliphatic rings. The van der Waals surface area contributed by atoms with Gasteiger partial charge in [0.25, 0.3) is 0 Å². The number of carbonyl (C=O) groups excluding carboxylic acids is 1. The van der Waals surface area contributed by atoms with Crippen LogP contribution in [0.1, 0.15) is 55.5 Å². The summed E-state index contributed by atoms with van der Waals surface area (Å²) in [6.07, 6.45) is 5.87. The molecule has 2 heterocycles. The third kappa shape index (κ3) is 6.78. The first kappa shape index (κ1) is 29.4. The molecule has 0 fully saturated rings. The predicted molar refractivity (Wildman–Crippen MR) is 157 cm³/mol. The van der Waals surface area contributed by atoms with Gasteiger partial charge < -0.3 is 15.5 Å². The maximum atomic E-state index is 14.3. The average Bonchev–Trinajstić information content (AvgIpc) is 2.98. The third-order valence-corrected chi connectivity index (χ3v) is 7.13. The van der Waals surface area contributed by atoms with Gasteiger partial charge in [-0.05, 0) is 56.9 Å². The van der Waals surface area contributed by atoms with Crippen molar-refractivity contribution < 1.29 is 19.8 Å². The lowest BCUT2D eigenvalue weighted by atomic mass is 9.78. The van der Waals surface area contributed by atoms with Crippen molar-refractivity contribution in [3.05, 3.63) is 132 Å². The van der Waals surface area contributed by atoms with Gasteiger partial charge in [-0.2, -0.15) is 0 Å². The number of nitrogens with zero attached hydrogens (tertiary/aromatic N) is 3. The first-order valence-electron chi connectivity index (χ1n) is 13.6. The van der Waals surface area contributed by atoms with Gasteiger partial charge in [-0.3, -0.25) is 19.7 Å². The van der Waals surface area contributed by atoms with Crippen LogP contribution in [0.2, 0.25) is 0 Å². The second-order valence-electron chi connectivity index (χ2n) is 11.0. The number of rotatable bonds is 10. The highest BCUT2D eigenvalue weighted by molar-refractivity contribution is 5.86. The Bertz CT molecular complexity index is 1370.